The second kappa shape index (κ2) is 4.86. The molecule has 3 atom stereocenters. The number of rotatable bonds is 1. The van der Waals surface area contributed by atoms with Gasteiger partial charge in [0.05, 0.1) is 6.04 Å². The van der Waals surface area contributed by atoms with Crippen LogP contribution in [0, 0.1) is 11.8 Å². The predicted octanol–water partition coefficient (Wildman–Crippen LogP) is 2.74. The van der Waals surface area contributed by atoms with Gasteiger partial charge in [-0.25, -0.2) is 4.79 Å². The van der Waals surface area contributed by atoms with Crippen molar-refractivity contribution in [2.45, 2.75) is 56.7 Å². The number of allylic oxidation sites excluding steroid dienone is 1. The van der Waals surface area contributed by atoms with E-state index in [1.54, 1.807) is 6.08 Å². The molecule has 0 aromatic rings. The van der Waals surface area contributed by atoms with Crippen LogP contribution in [0.4, 0.5) is 0 Å². The third-order valence-corrected chi connectivity index (χ3v) is 5.28. The van der Waals surface area contributed by atoms with E-state index < -0.39 is 5.60 Å². The number of piperidine rings is 1. The van der Waals surface area contributed by atoms with Crippen molar-refractivity contribution in [1.82, 2.24) is 4.90 Å². The first-order valence-electron chi connectivity index (χ1n) is 8.16. The zero-order valence-electron chi connectivity index (χ0n) is 13.0. The van der Waals surface area contributed by atoms with Gasteiger partial charge in [-0.2, -0.15) is 0 Å². The fourth-order valence-electron chi connectivity index (χ4n) is 4.46. The molecule has 0 unspecified atom stereocenters. The summed E-state index contributed by atoms with van der Waals surface area (Å²) in [5.41, 5.74) is 2.66. The Labute approximate surface area is 131 Å². The van der Waals surface area contributed by atoms with Gasteiger partial charge in [-0.3, -0.25) is 4.90 Å². The van der Waals surface area contributed by atoms with E-state index >= 15 is 0 Å². The quantitative estimate of drug-likeness (QED) is 0.423. The molecule has 3 heterocycles. The smallest absolute Gasteiger partial charge is 0.332 e. The Balaban J connectivity index is 1.75. The summed E-state index contributed by atoms with van der Waals surface area (Å²) in [6.45, 7) is 6.98. The maximum atomic E-state index is 12.0. The van der Waals surface area contributed by atoms with E-state index in [1.165, 1.54) is 12.8 Å². The van der Waals surface area contributed by atoms with Crippen molar-refractivity contribution < 1.29 is 9.53 Å². The molecule has 3 heteroatoms. The number of fused-ring (bicyclic) bond motifs is 3. The number of ether oxygens (including phenoxy) is 1. The van der Waals surface area contributed by atoms with Crippen molar-refractivity contribution in [3.05, 3.63) is 35.5 Å². The van der Waals surface area contributed by atoms with Crippen molar-refractivity contribution in [2.24, 2.45) is 0 Å². The lowest BCUT2D eigenvalue weighted by Gasteiger charge is -2.38. The third-order valence-electron chi connectivity index (χ3n) is 5.28. The first kappa shape index (κ1) is 13.8. The molecule has 0 saturated carbocycles. The predicted molar refractivity (Wildman–Crippen MR) is 84.9 cm³/mol. The van der Waals surface area contributed by atoms with Gasteiger partial charge < -0.3 is 4.74 Å². The Bertz CT molecular complexity index is 675. The highest BCUT2D eigenvalue weighted by Crippen LogP contribution is 2.53. The molecule has 4 rings (SSSR count). The normalized spacial score (nSPS) is 35.6. The third kappa shape index (κ3) is 1.90. The number of hydrogen-bond donors (Lipinski definition) is 0. The van der Waals surface area contributed by atoms with E-state index in [0.29, 0.717) is 18.5 Å². The van der Waals surface area contributed by atoms with Gasteiger partial charge in [0, 0.05) is 36.1 Å². The second-order valence-electron chi connectivity index (χ2n) is 6.91. The zero-order chi connectivity index (χ0) is 15.3. The fourth-order valence-corrected chi connectivity index (χ4v) is 4.46. The number of hydrogen-bond acceptors (Lipinski definition) is 3. The van der Waals surface area contributed by atoms with Crippen molar-refractivity contribution >= 4 is 5.97 Å². The summed E-state index contributed by atoms with van der Waals surface area (Å²) < 4.78 is 5.87. The Morgan fingerprint density at radius 1 is 1.55 bits per heavy atom. The molecule has 0 N–H and O–H groups in total. The maximum absolute atomic E-state index is 12.0. The molecule has 2 fully saturated rings. The summed E-state index contributed by atoms with van der Waals surface area (Å²) in [6.07, 6.45) is 9.10. The Morgan fingerprint density at radius 2 is 2.41 bits per heavy atom. The van der Waals surface area contributed by atoms with Gasteiger partial charge >= 0.3 is 5.97 Å². The average molecular weight is 295 g/mol. The summed E-state index contributed by atoms with van der Waals surface area (Å²) in [5, 5.41) is 0. The topological polar surface area (TPSA) is 29.5 Å². The van der Waals surface area contributed by atoms with Crippen LogP contribution in [0.15, 0.2) is 35.5 Å². The maximum Gasteiger partial charge on any atom is 0.332 e. The van der Waals surface area contributed by atoms with E-state index in [2.05, 4.69) is 29.4 Å². The molecule has 1 aliphatic carbocycles. The van der Waals surface area contributed by atoms with Crippen LogP contribution in [0.1, 0.15) is 39.0 Å². The molecule has 1 spiro atoms. The van der Waals surface area contributed by atoms with Crippen LogP contribution < -0.4 is 0 Å². The molecule has 4 aliphatic rings. The van der Waals surface area contributed by atoms with Crippen LogP contribution in [0.3, 0.4) is 0 Å². The minimum Gasteiger partial charge on any atom is -0.449 e. The fraction of sp³-hybridized carbons (Fsp3) is 0.526. The van der Waals surface area contributed by atoms with E-state index in [9.17, 15) is 4.79 Å². The van der Waals surface area contributed by atoms with Gasteiger partial charge in [-0.1, -0.05) is 36.5 Å². The van der Waals surface area contributed by atoms with Crippen LogP contribution in [0.25, 0.3) is 0 Å². The van der Waals surface area contributed by atoms with E-state index in [1.807, 2.05) is 6.92 Å². The van der Waals surface area contributed by atoms with Gasteiger partial charge in [0.25, 0.3) is 0 Å². The molecule has 3 nitrogen and oxygen atoms in total. The summed E-state index contributed by atoms with van der Waals surface area (Å²) in [7, 11) is 0. The molecular formula is C19H21NO2. The van der Waals surface area contributed by atoms with Crippen LogP contribution in [0.2, 0.25) is 0 Å². The Hall–Kier alpha value is -1.79. The average Bonchev–Trinajstić information content (AvgIpc) is 2.96. The van der Waals surface area contributed by atoms with Gasteiger partial charge in [0.2, 0.25) is 0 Å². The van der Waals surface area contributed by atoms with Gasteiger partial charge in [-0.05, 0) is 26.3 Å². The molecule has 2 bridgehead atoms. The SMILES string of the molecule is C=C(C)CC#CC1=C[C@@H]2C[C@@]3(OC(=O)C=C13)[C@H]1CCCCN21. The summed E-state index contributed by atoms with van der Waals surface area (Å²) in [6, 6.07) is 0.697. The first-order chi connectivity index (χ1) is 10.6. The number of carbonyl (C=O) groups excluding carboxylic acids is 1. The minimum absolute atomic E-state index is 0.198. The zero-order valence-corrected chi connectivity index (χ0v) is 13.0. The largest absolute Gasteiger partial charge is 0.449 e. The monoisotopic (exact) mass is 295 g/mol. The van der Waals surface area contributed by atoms with Crippen molar-refractivity contribution in [2.75, 3.05) is 6.54 Å². The Morgan fingerprint density at radius 3 is 3.23 bits per heavy atom. The first-order valence-corrected chi connectivity index (χ1v) is 8.16. The summed E-state index contributed by atoms with van der Waals surface area (Å²) in [5.74, 6) is 6.26. The molecule has 0 aromatic heterocycles. The lowest BCUT2D eigenvalue weighted by Crippen LogP contribution is -2.48. The number of carbonyl (C=O) groups is 1. The minimum atomic E-state index is -0.426. The highest BCUT2D eigenvalue weighted by molar-refractivity contribution is 5.90. The highest BCUT2D eigenvalue weighted by atomic mass is 16.6. The van der Waals surface area contributed by atoms with Crippen LogP contribution in [-0.2, 0) is 9.53 Å². The molecule has 0 radical (unpaired) electrons. The van der Waals surface area contributed by atoms with Gasteiger partial charge in [0.15, 0.2) is 5.60 Å². The van der Waals surface area contributed by atoms with Crippen LogP contribution in [0.5, 0.6) is 0 Å². The van der Waals surface area contributed by atoms with E-state index in [4.69, 9.17) is 4.74 Å². The standard InChI is InChI=1S/C19H21NO2/c1-13(2)6-5-7-14-10-15-12-19(16(14)11-18(21)22-19)17-8-3-4-9-20(15)17/h10-11,15,17H,1,3-4,6,8-9,12H2,2H3/t15-,17-,19+/m1/s1. The van der Waals surface area contributed by atoms with Crippen LogP contribution >= 0.6 is 0 Å². The second-order valence-corrected chi connectivity index (χ2v) is 6.91. The van der Waals surface area contributed by atoms with Crippen LogP contribution in [-0.4, -0.2) is 35.1 Å². The highest BCUT2D eigenvalue weighted by Gasteiger charge is 2.61. The number of nitrogens with zero attached hydrogens (tertiary/aromatic N) is 1. The molecule has 2 saturated heterocycles. The van der Waals surface area contributed by atoms with Gasteiger partial charge in [-0.15, -0.1) is 0 Å². The molecule has 114 valence electrons. The van der Waals surface area contributed by atoms with Crippen molar-refractivity contribution in [3.63, 3.8) is 0 Å². The Kier molecular flexibility index (Phi) is 3.06. The molecule has 0 aromatic carbocycles. The summed E-state index contributed by atoms with van der Waals surface area (Å²) >= 11 is 0. The summed E-state index contributed by atoms with van der Waals surface area (Å²) in [4.78, 5) is 14.5. The lowest BCUT2D eigenvalue weighted by atomic mass is 9.77. The van der Waals surface area contributed by atoms with E-state index in [0.717, 1.165) is 36.1 Å². The number of esters is 1. The molecular weight excluding hydrogens is 274 g/mol. The van der Waals surface area contributed by atoms with Gasteiger partial charge in [0.1, 0.15) is 0 Å². The van der Waals surface area contributed by atoms with Crippen molar-refractivity contribution in [1.29, 1.82) is 0 Å². The van der Waals surface area contributed by atoms with Crippen molar-refractivity contribution in [3.8, 4) is 11.8 Å². The molecule has 3 aliphatic heterocycles. The lowest BCUT2D eigenvalue weighted by molar-refractivity contribution is -0.148. The molecule has 22 heavy (non-hydrogen) atoms. The molecule has 0 amide bonds. The van der Waals surface area contributed by atoms with E-state index in [-0.39, 0.29) is 5.97 Å².